The first kappa shape index (κ1) is 31.0. The number of benzene rings is 6. The number of halogens is 1. The minimum absolute atomic E-state index is 0.220. The molecular weight excluding hydrogens is 629 g/mol. The average molecular weight is 660 g/mol. The van der Waals surface area contributed by atoms with Gasteiger partial charge in [-0.25, -0.2) is 0 Å². The molecule has 2 nitrogen and oxygen atoms in total. The van der Waals surface area contributed by atoms with Gasteiger partial charge in [-0.3, -0.25) is 0 Å². The molecule has 0 fully saturated rings. The first-order valence-corrected chi connectivity index (χ1v) is 19.3. The fourth-order valence-electron chi connectivity index (χ4n) is 5.36. The van der Waals surface area contributed by atoms with Gasteiger partial charge in [-0.1, -0.05) is 0 Å². The zero-order valence-electron chi connectivity index (χ0n) is 24.4. The van der Waals surface area contributed by atoms with Crippen LogP contribution in [0, 0.1) is 0 Å². The standard InChI is InChI=1S/C39H31ClNOPS2/c40-43(32-21-9-2-10-22-32,33-23-11-3-12-24-33,34-25-13-4-14-26-34)38(41-37(42)31-19-7-1-8-20-31)39(44-35-27-15-5-16-28-35)45-36-29-17-6-18-30-36/h1-30H,(H,41,42). The van der Waals surface area contributed by atoms with Crippen LogP contribution in [0.5, 0.6) is 0 Å². The van der Waals surface area contributed by atoms with Gasteiger partial charge in [0, 0.05) is 0 Å². The molecule has 0 atom stereocenters. The summed E-state index contributed by atoms with van der Waals surface area (Å²) in [5.41, 5.74) is 1.24. The molecule has 0 aliphatic heterocycles. The van der Waals surface area contributed by atoms with Crippen LogP contribution in [-0.2, 0) is 0 Å². The molecule has 0 aromatic heterocycles. The van der Waals surface area contributed by atoms with Gasteiger partial charge in [-0.15, -0.1) is 0 Å². The predicted octanol–water partition coefficient (Wildman–Crippen LogP) is 9.81. The fraction of sp³-hybridized carbons (Fsp3) is 0. The van der Waals surface area contributed by atoms with E-state index in [1.54, 1.807) is 23.5 Å². The number of rotatable bonds is 10. The van der Waals surface area contributed by atoms with E-state index in [1.807, 2.05) is 121 Å². The van der Waals surface area contributed by atoms with E-state index in [9.17, 15) is 4.79 Å². The summed E-state index contributed by atoms with van der Waals surface area (Å²) in [6.45, 7) is 0. The third-order valence-electron chi connectivity index (χ3n) is 7.51. The quantitative estimate of drug-likeness (QED) is 0.117. The Morgan fingerprint density at radius 3 is 1.13 bits per heavy atom. The Labute approximate surface area is 278 Å². The van der Waals surface area contributed by atoms with Crippen molar-refractivity contribution < 1.29 is 4.79 Å². The van der Waals surface area contributed by atoms with Gasteiger partial charge >= 0.3 is 280 Å². The van der Waals surface area contributed by atoms with E-state index in [0.29, 0.717) is 11.0 Å². The second-order valence-electron chi connectivity index (χ2n) is 10.3. The van der Waals surface area contributed by atoms with E-state index >= 15 is 0 Å². The summed E-state index contributed by atoms with van der Waals surface area (Å²) < 4.78 is 0.890. The second-order valence-corrected chi connectivity index (χ2v) is 18.8. The zero-order valence-corrected chi connectivity index (χ0v) is 27.7. The number of hydrogen-bond donors (Lipinski definition) is 1. The van der Waals surface area contributed by atoms with Crippen molar-refractivity contribution in [2.75, 3.05) is 0 Å². The molecular formula is C39H31ClNOPS2. The molecule has 45 heavy (non-hydrogen) atoms. The molecule has 0 aliphatic rings. The summed E-state index contributed by atoms with van der Waals surface area (Å²) in [7, 11) is 0. The Bertz CT molecular complexity index is 1750. The van der Waals surface area contributed by atoms with Crippen LogP contribution in [0.4, 0.5) is 0 Å². The van der Waals surface area contributed by atoms with Crippen molar-refractivity contribution in [2.24, 2.45) is 0 Å². The van der Waals surface area contributed by atoms with Crippen LogP contribution in [-0.4, -0.2) is 5.91 Å². The molecule has 0 unspecified atom stereocenters. The summed E-state index contributed by atoms with van der Waals surface area (Å²) in [5, 5.41) is 6.28. The first-order valence-electron chi connectivity index (χ1n) is 14.5. The number of carbonyl (C=O) groups is 1. The van der Waals surface area contributed by atoms with Crippen LogP contribution in [0.25, 0.3) is 0 Å². The molecule has 0 aliphatic carbocycles. The van der Waals surface area contributed by atoms with Gasteiger partial charge in [-0.2, -0.15) is 0 Å². The molecule has 0 saturated carbocycles. The Morgan fingerprint density at radius 2 is 0.778 bits per heavy atom. The van der Waals surface area contributed by atoms with Gasteiger partial charge in [0.2, 0.25) is 0 Å². The zero-order chi connectivity index (χ0) is 31.0. The average Bonchev–Trinajstić information content (AvgIpc) is 3.12. The van der Waals surface area contributed by atoms with Crippen molar-refractivity contribution in [1.82, 2.24) is 5.32 Å². The van der Waals surface area contributed by atoms with Crippen molar-refractivity contribution in [3.8, 4) is 0 Å². The SMILES string of the molecule is O=C(NC(=C(Sc1ccccc1)Sc1ccccc1)P(Cl)(c1ccccc1)(c1ccccc1)c1ccccc1)c1ccccc1. The molecule has 6 rings (SSSR count). The van der Waals surface area contributed by atoms with E-state index in [2.05, 4.69) is 66.0 Å². The molecule has 0 bridgehead atoms. The third-order valence-corrected chi connectivity index (χ3v) is 17.4. The number of amides is 1. The topological polar surface area (TPSA) is 29.1 Å². The Balaban J connectivity index is 1.77. The van der Waals surface area contributed by atoms with Gasteiger partial charge in [-0.05, 0) is 0 Å². The van der Waals surface area contributed by atoms with E-state index in [4.69, 9.17) is 11.2 Å². The van der Waals surface area contributed by atoms with Crippen LogP contribution >= 0.6 is 40.7 Å². The monoisotopic (exact) mass is 659 g/mol. The molecule has 222 valence electrons. The number of thioether (sulfide) groups is 2. The molecule has 1 amide bonds. The van der Waals surface area contributed by atoms with Crippen molar-refractivity contribution in [2.45, 2.75) is 9.79 Å². The number of hydrogen-bond acceptors (Lipinski definition) is 3. The van der Waals surface area contributed by atoms with E-state index in [1.165, 1.54) is 0 Å². The van der Waals surface area contributed by atoms with Crippen LogP contribution in [0.1, 0.15) is 10.4 Å². The Hall–Kier alpha value is -4.05. The molecule has 6 heteroatoms. The number of carbonyl (C=O) groups excluding carboxylic acids is 1. The van der Waals surface area contributed by atoms with E-state index in [0.717, 1.165) is 29.9 Å². The summed E-state index contributed by atoms with van der Waals surface area (Å²) in [6.07, 6.45) is 0. The van der Waals surface area contributed by atoms with Crippen molar-refractivity contribution in [3.63, 3.8) is 0 Å². The molecule has 0 saturated heterocycles. The predicted molar refractivity (Wildman–Crippen MR) is 197 cm³/mol. The molecule has 0 spiro atoms. The molecule has 1 N–H and O–H groups in total. The molecule has 6 aromatic rings. The van der Waals surface area contributed by atoms with Gasteiger partial charge < -0.3 is 0 Å². The summed E-state index contributed by atoms with van der Waals surface area (Å²) in [5.74, 6) is -4.40. The van der Waals surface area contributed by atoms with Gasteiger partial charge in [0.25, 0.3) is 0 Å². The van der Waals surface area contributed by atoms with Crippen molar-refractivity contribution >= 4 is 62.5 Å². The normalized spacial score (nSPS) is 12.0. The Kier molecular flexibility index (Phi) is 9.59. The third kappa shape index (κ3) is 6.25. The van der Waals surface area contributed by atoms with Gasteiger partial charge in [0.05, 0.1) is 0 Å². The van der Waals surface area contributed by atoms with Crippen LogP contribution in [0.3, 0.4) is 0 Å². The Morgan fingerprint density at radius 1 is 0.467 bits per heavy atom. The minimum atomic E-state index is -4.18. The van der Waals surface area contributed by atoms with Crippen LogP contribution < -0.4 is 21.2 Å². The number of nitrogens with one attached hydrogen (secondary N) is 1. The molecule has 6 aromatic carbocycles. The summed E-state index contributed by atoms with van der Waals surface area (Å²) in [4.78, 5) is 16.4. The van der Waals surface area contributed by atoms with Crippen LogP contribution in [0.15, 0.2) is 201 Å². The second kappa shape index (κ2) is 13.9. The van der Waals surface area contributed by atoms with E-state index < -0.39 is 5.96 Å². The molecule has 0 heterocycles. The van der Waals surface area contributed by atoms with E-state index in [-0.39, 0.29) is 5.91 Å². The fourth-order valence-corrected chi connectivity index (χ4v) is 15.0. The maximum absolute atomic E-state index is 14.3. The van der Waals surface area contributed by atoms with Crippen LogP contribution in [0.2, 0.25) is 0 Å². The maximum atomic E-state index is 14.3. The first-order chi connectivity index (χ1) is 22.1. The summed E-state index contributed by atoms with van der Waals surface area (Å²) in [6, 6.07) is 60.5. The summed E-state index contributed by atoms with van der Waals surface area (Å²) >= 11 is 12.0. The molecule has 0 radical (unpaired) electrons. The van der Waals surface area contributed by atoms with Crippen molar-refractivity contribution in [3.05, 3.63) is 197 Å². The van der Waals surface area contributed by atoms with Gasteiger partial charge in [0.15, 0.2) is 0 Å². The van der Waals surface area contributed by atoms with Crippen molar-refractivity contribution in [1.29, 1.82) is 0 Å². The van der Waals surface area contributed by atoms with Gasteiger partial charge in [0.1, 0.15) is 0 Å².